The summed E-state index contributed by atoms with van der Waals surface area (Å²) < 4.78 is 4.85. The second kappa shape index (κ2) is 5.22. The van der Waals surface area contributed by atoms with Crippen molar-refractivity contribution in [1.29, 1.82) is 0 Å². The molecule has 76 valence electrons. The quantitative estimate of drug-likeness (QED) is 0.674. The van der Waals surface area contributed by atoms with E-state index in [1.807, 2.05) is 6.92 Å². The summed E-state index contributed by atoms with van der Waals surface area (Å²) in [4.78, 5) is 11.1. The summed E-state index contributed by atoms with van der Waals surface area (Å²) in [5.74, 6) is 0.395. The molecule has 0 spiro atoms. The van der Waals surface area contributed by atoms with Crippen molar-refractivity contribution in [3.8, 4) is 0 Å². The molecule has 3 nitrogen and oxygen atoms in total. The molecule has 1 aliphatic rings. The van der Waals surface area contributed by atoms with Crippen LogP contribution in [0.2, 0.25) is 0 Å². The van der Waals surface area contributed by atoms with Gasteiger partial charge < -0.3 is 10.5 Å². The topological polar surface area (TPSA) is 52.3 Å². The van der Waals surface area contributed by atoms with Gasteiger partial charge in [-0.05, 0) is 25.7 Å². The molecule has 1 unspecified atom stereocenters. The standard InChI is InChI=1S/C10H19NO2/c1-2-13-10(12)7-9(11)8-5-3-4-6-8/h8-9H,2-7,11H2,1H3. The number of esters is 1. The first-order valence-corrected chi connectivity index (χ1v) is 5.15. The average Bonchev–Trinajstić information content (AvgIpc) is 2.55. The third-order valence-corrected chi connectivity index (χ3v) is 2.71. The zero-order chi connectivity index (χ0) is 9.68. The Hall–Kier alpha value is -0.570. The van der Waals surface area contributed by atoms with Crippen molar-refractivity contribution in [1.82, 2.24) is 0 Å². The van der Waals surface area contributed by atoms with E-state index in [0.29, 0.717) is 18.9 Å². The van der Waals surface area contributed by atoms with Gasteiger partial charge in [-0.15, -0.1) is 0 Å². The van der Waals surface area contributed by atoms with E-state index >= 15 is 0 Å². The molecule has 0 saturated heterocycles. The lowest BCUT2D eigenvalue weighted by molar-refractivity contribution is -0.143. The fraction of sp³-hybridized carbons (Fsp3) is 0.900. The molecule has 0 aliphatic heterocycles. The Kier molecular flexibility index (Phi) is 4.22. The summed E-state index contributed by atoms with van der Waals surface area (Å²) in [7, 11) is 0. The van der Waals surface area contributed by atoms with Gasteiger partial charge in [0.2, 0.25) is 0 Å². The van der Waals surface area contributed by atoms with Gasteiger partial charge in [0.1, 0.15) is 0 Å². The van der Waals surface area contributed by atoms with Gasteiger partial charge in [0.15, 0.2) is 0 Å². The Bertz CT molecular complexity index is 164. The number of carbonyl (C=O) groups excluding carboxylic acids is 1. The van der Waals surface area contributed by atoms with Crippen LogP contribution in [0.4, 0.5) is 0 Å². The molecular formula is C10H19NO2. The van der Waals surface area contributed by atoms with E-state index in [1.54, 1.807) is 0 Å². The predicted octanol–water partition coefficient (Wildman–Crippen LogP) is 1.46. The third-order valence-electron chi connectivity index (χ3n) is 2.71. The number of rotatable bonds is 4. The highest BCUT2D eigenvalue weighted by Crippen LogP contribution is 2.27. The van der Waals surface area contributed by atoms with Crippen molar-refractivity contribution >= 4 is 5.97 Å². The third kappa shape index (κ3) is 3.35. The van der Waals surface area contributed by atoms with Gasteiger partial charge in [-0.2, -0.15) is 0 Å². The summed E-state index contributed by atoms with van der Waals surface area (Å²) in [6, 6.07) is 0.0153. The molecule has 2 N–H and O–H groups in total. The maximum absolute atomic E-state index is 11.1. The minimum absolute atomic E-state index is 0.0153. The molecule has 1 atom stereocenters. The highest BCUT2D eigenvalue weighted by Gasteiger charge is 2.24. The summed E-state index contributed by atoms with van der Waals surface area (Å²) in [5.41, 5.74) is 5.91. The average molecular weight is 185 g/mol. The van der Waals surface area contributed by atoms with Gasteiger partial charge in [0, 0.05) is 6.04 Å². The van der Waals surface area contributed by atoms with Crippen LogP contribution in [0, 0.1) is 5.92 Å². The fourth-order valence-corrected chi connectivity index (χ4v) is 1.96. The van der Waals surface area contributed by atoms with Crippen LogP contribution in [0.1, 0.15) is 39.0 Å². The second-order valence-corrected chi connectivity index (χ2v) is 3.72. The first-order valence-electron chi connectivity index (χ1n) is 5.15. The van der Waals surface area contributed by atoms with Crippen molar-refractivity contribution in [2.24, 2.45) is 11.7 Å². The van der Waals surface area contributed by atoms with Crippen LogP contribution < -0.4 is 5.73 Å². The molecule has 0 aromatic carbocycles. The van der Waals surface area contributed by atoms with Gasteiger partial charge in [-0.1, -0.05) is 12.8 Å². The molecule has 13 heavy (non-hydrogen) atoms. The highest BCUT2D eigenvalue weighted by atomic mass is 16.5. The van der Waals surface area contributed by atoms with Gasteiger partial charge in [0.05, 0.1) is 13.0 Å². The maximum atomic E-state index is 11.1. The van der Waals surface area contributed by atoms with E-state index in [-0.39, 0.29) is 12.0 Å². The minimum Gasteiger partial charge on any atom is -0.466 e. The molecule has 0 aromatic heterocycles. The maximum Gasteiger partial charge on any atom is 0.307 e. The lowest BCUT2D eigenvalue weighted by Gasteiger charge is -2.17. The van der Waals surface area contributed by atoms with E-state index in [4.69, 9.17) is 10.5 Å². The Morgan fingerprint density at radius 1 is 1.54 bits per heavy atom. The monoisotopic (exact) mass is 185 g/mol. The molecular weight excluding hydrogens is 166 g/mol. The van der Waals surface area contributed by atoms with Crippen LogP contribution in [0.3, 0.4) is 0 Å². The number of ether oxygens (including phenoxy) is 1. The molecule has 0 bridgehead atoms. The van der Waals surface area contributed by atoms with E-state index in [1.165, 1.54) is 25.7 Å². The van der Waals surface area contributed by atoms with E-state index in [0.717, 1.165) is 0 Å². The Balaban J connectivity index is 2.22. The Labute approximate surface area is 79.6 Å². The first kappa shape index (κ1) is 10.5. The van der Waals surface area contributed by atoms with E-state index in [2.05, 4.69) is 0 Å². The molecule has 1 fully saturated rings. The van der Waals surface area contributed by atoms with Crippen LogP contribution in [0.15, 0.2) is 0 Å². The molecule has 1 saturated carbocycles. The summed E-state index contributed by atoms with van der Waals surface area (Å²) >= 11 is 0. The van der Waals surface area contributed by atoms with Crippen molar-refractivity contribution in [3.05, 3.63) is 0 Å². The van der Waals surface area contributed by atoms with Gasteiger partial charge in [0.25, 0.3) is 0 Å². The Morgan fingerprint density at radius 3 is 2.69 bits per heavy atom. The van der Waals surface area contributed by atoms with Gasteiger partial charge in [-0.25, -0.2) is 0 Å². The highest BCUT2D eigenvalue weighted by molar-refractivity contribution is 5.70. The second-order valence-electron chi connectivity index (χ2n) is 3.72. The number of carbonyl (C=O) groups is 1. The van der Waals surface area contributed by atoms with Crippen LogP contribution in [0.25, 0.3) is 0 Å². The SMILES string of the molecule is CCOC(=O)CC(N)C1CCCC1. The zero-order valence-electron chi connectivity index (χ0n) is 8.29. The van der Waals surface area contributed by atoms with Crippen molar-refractivity contribution in [2.45, 2.75) is 45.1 Å². The van der Waals surface area contributed by atoms with Crippen LogP contribution >= 0.6 is 0 Å². The molecule has 0 heterocycles. The van der Waals surface area contributed by atoms with Crippen LogP contribution in [-0.4, -0.2) is 18.6 Å². The first-order chi connectivity index (χ1) is 6.24. The lowest BCUT2D eigenvalue weighted by atomic mass is 9.96. The molecule has 3 heteroatoms. The summed E-state index contributed by atoms with van der Waals surface area (Å²) in [6.07, 6.45) is 5.28. The molecule has 1 rings (SSSR count). The normalized spacial score (nSPS) is 20.2. The lowest BCUT2D eigenvalue weighted by Crippen LogP contribution is -2.31. The number of hydrogen-bond acceptors (Lipinski definition) is 3. The van der Waals surface area contributed by atoms with Crippen LogP contribution in [-0.2, 0) is 9.53 Å². The van der Waals surface area contributed by atoms with Gasteiger partial charge >= 0.3 is 5.97 Å². The largest absolute Gasteiger partial charge is 0.466 e. The molecule has 1 aliphatic carbocycles. The van der Waals surface area contributed by atoms with Crippen LogP contribution in [0.5, 0.6) is 0 Å². The van der Waals surface area contributed by atoms with Crippen molar-refractivity contribution in [2.75, 3.05) is 6.61 Å². The summed E-state index contributed by atoms with van der Waals surface area (Å²) in [5, 5.41) is 0. The zero-order valence-corrected chi connectivity index (χ0v) is 8.29. The summed E-state index contributed by atoms with van der Waals surface area (Å²) in [6.45, 7) is 2.27. The molecule has 0 amide bonds. The predicted molar refractivity (Wildman–Crippen MR) is 51.2 cm³/mol. The molecule has 0 aromatic rings. The smallest absolute Gasteiger partial charge is 0.307 e. The van der Waals surface area contributed by atoms with E-state index in [9.17, 15) is 4.79 Å². The fourth-order valence-electron chi connectivity index (χ4n) is 1.96. The minimum atomic E-state index is -0.151. The van der Waals surface area contributed by atoms with Crippen molar-refractivity contribution in [3.63, 3.8) is 0 Å². The van der Waals surface area contributed by atoms with E-state index < -0.39 is 0 Å². The van der Waals surface area contributed by atoms with Crippen molar-refractivity contribution < 1.29 is 9.53 Å². The molecule has 0 radical (unpaired) electrons. The number of nitrogens with two attached hydrogens (primary N) is 1. The van der Waals surface area contributed by atoms with Gasteiger partial charge in [-0.3, -0.25) is 4.79 Å². The number of hydrogen-bond donors (Lipinski definition) is 1. The Morgan fingerprint density at radius 2 is 2.15 bits per heavy atom.